The van der Waals surface area contributed by atoms with E-state index in [2.05, 4.69) is 30.1 Å². The summed E-state index contributed by atoms with van der Waals surface area (Å²) in [5, 5.41) is 20.4. The number of carbonyl (C=O) groups is 1. The zero-order valence-electron chi connectivity index (χ0n) is 21.2. The molecule has 1 atom stereocenters. The Morgan fingerprint density at radius 2 is 1.92 bits per heavy atom. The number of nitrogens with two attached hydrogens (primary N) is 1. The van der Waals surface area contributed by atoms with Crippen molar-refractivity contribution in [2.45, 2.75) is 47.6 Å². The molecule has 0 unspecified atom stereocenters. The number of nitriles is 1. The van der Waals surface area contributed by atoms with E-state index >= 15 is 0 Å². The second-order valence-corrected chi connectivity index (χ2v) is 13.4. The van der Waals surface area contributed by atoms with Crippen LogP contribution in [0.5, 0.6) is 0 Å². The summed E-state index contributed by atoms with van der Waals surface area (Å²) in [4.78, 5) is 16.6. The first-order valence-corrected chi connectivity index (χ1v) is 15.4. The van der Waals surface area contributed by atoms with Crippen molar-refractivity contribution >= 4 is 57.4 Å². The van der Waals surface area contributed by atoms with Gasteiger partial charge in [-0.05, 0) is 47.4 Å². The van der Waals surface area contributed by atoms with Gasteiger partial charge in [-0.2, -0.15) is 5.26 Å². The largest absolute Gasteiger partial charge is 0.384 e. The Labute approximate surface area is 240 Å². The summed E-state index contributed by atoms with van der Waals surface area (Å²) in [5.74, 6) is 0.483. The van der Waals surface area contributed by atoms with E-state index in [1.54, 1.807) is 16.7 Å². The molecule has 0 saturated carbocycles. The van der Waals surface area contributed by atoms with Crippen LogP contribution in [-0.4, -0.2) is 22.2 Å². The minimum absolute atomic E-state index is 0.0401. The number of rotatable bonds is 6. The topological polar surface area (TPSA) is 95.9 Å². The molecule has 2 aliphatic rings. The molecule has 2 heterocycles. The minimum Gasteiger partial charge on any atom is -0.384 e. The quantitative estimate of drug-likeness (QED) is 0.308. The van der Waals surface area contributed by atoms with Gasteiger partial charge in [0.2, 0.25) is 5.13 Å². The van der Waals surface area contributed by atoms with E-state index in [4.69, 9.17) is 17.3 Å². The maximum Gasteiger partial charge on any atom is 0.219 e. The number of anilines is 1. The molecule has 2 N–H and O–H groups in total. The Bertz CT molecular complexity index is 1500. The van der Waals surface area contributed by atoms with Gasteiger partial charge in [0.1, 0.15) is 5.82 Å². The van der Waals surface area contributed by atoms with E-state index in [0.29, 0.717) is 45.7 Å². The third-order valence-corrected chi connectivity index (χ3v) is 9.93. The number of hydrogen-bond acceptors (Lipinski definition) is 9. The second kappa shape index (κ2) is 10.8. The lowest BCUT2D eigenvalue weighted by Gasteiger charge is -2.42. The van der Waals surface area contributed by atoms with Gasteiger partial charge >= 0.3 is 0 Å². The second-order valence-electron chi connectivity index (χ2n) is 9.98. The van der Waals surface area contributed by atoms with Gasteiger partial charge in [-0.25, -0.2) is 0 Å². The van der Waals surface area contributed by atoms with Gasteiger partial charge < -0.3 is 5.73 Å². The van der Waals surface area contributed by atoms with Crippen molar-refractivity contribution in [3.63, 3.8) is 0 Å². The number of thioether (sulfide) groups is 2. The first-order chi connectivity index (χ1) is 18.2. The van der Waals surface area contributed by atoms with E-state index in [1.807, 2.05) is 54.8 Å². The molecule has 194 valence electrons. The fourth-order valence-electron chi connectivity index (χ4n) is 4.96. The summed E-state index contributed by atoms with van der Waals surface area (Å²) >= 11 is 10.9. The number of carbonyl (C=O) groups excluding carboxylic acids is 1. The Kier molecular flexibility index (Phi) is 7.60. The molecule has 5 rings (SSSR count). The first kappa shape index (κ1) is 26.8. The average Bonchev–Trinajstić information content (AvgIpc) is 3.35. The lowest BCUT2D eigenvalue weighted by atomic mass is 9.69. The first-order valence-electron chi connectivity index (χ1n) is 12.0. The molecule has 6 nitrogen and oxygen atoms in total. The van der Waals surface area contributed by atoms with E-state index in [0.717, 1.165) is 26.1 Å². The smallest absolute Gasteiger partial charge is 0.219 e. The van der Waals surface area contributed by atoms with Gasteiger partial charge in [0.15, 0.2) is 10.1 Å². The lowest BCUT2D eigenvalue weighted by molar-refractivity contribution is -0.118. The third-order valence-electron chi connectivity index (χ3n) is 6.73. The Morgan fingerprint density at radius 1 is 1.18 bits per heavy atom. The Hall–Kier alpha value is -2.77. The summed E-state index contributed by atoms with van der Waals surface area (Å²) in [6.45, 7) is 4.17. The highest BCUT2D eigenvalue weighted by molar-refractivity contribution is 8.00. The maximum absolute atomic E-state index is 13.7. The number of Topliss-reactive ketones (excluding diaryl/α,β-unsaturated/α-hetero) is 1. The van der Waals surface area contributed by atoms with Gasteiger partial charge in [0, 0.05) is 33.4 Å². The molecule has 1 aliphatic carbocycles. The van der Waals surface area contributed by atoms with Gasteiger partial charge in [0.25, 0.3) is 0 Å². The molecule has 1 aliphatic heterocycles. The van der Waals surface area contributed by atoms with Crippen LogP contribution in [-0.2, 0) is 10.5 Å². The van der Waals surface area contributed by atoms with Crippen molar-refractivity contribution < 1.29 is 4.79 Å². The van der Waals surface area contributed by atoms with Crippen LogP contribution in [0.2, 0.25) is 5.02 Å². The van der Waals surface area contributed by atoms with Gasteiger partial charge in [-0.15, -0.1) is 22.0 Å². The molecule has 0 amide bonds. The van der Waals surface area contributed by atoms with Crippen LogP contribution in [0.1, 0.15) is 43.7 Å². The number of benzene rings is 2. The maximum atomic E-state index is 13.7. The van der Waals surface area contributed by atoms with Crippen LogP contribution < -0.4 is 10.6 Å². The van der Waals surface area contributed by atoms with Gasteiger partial charge in [0.05, 0.1) is 17.6 Å². The highest BCUT2D eigenvalue weighted by Crippen LogP contribution is 2.51. The van der Waals surface area contributed by atoms with Crippen LogP contribution in [0.25, 0.3) is 0 Å². The molecular formula is C28H26ClN5OS3. The lowest BCUT2D eigenvalue weighted by Crippen LogP contribution is -2.42. The van der Waals surface area contributed by atoms with E-state index in [1.165, 1.54) is 23.1 Å². The molecule has 0 spiro atoms. The van der Waals surface area contributed by atoms with Gasteiger partial charge in [-0.3, -0.25) is 9.69 Å². The predicted octanol–water partition coefficient (Wildman–Crippen LogP) is 7.15. The SMILES string of the molecule is CSc1ccc([C@@H]2C(C#N)=C(N)N(c3nnc(SCc4ccccc4Cl)s3)C3=C2C(=O)CC(C)(C)C3)cc1. The van der Waals surface area contributed by atoms with Crippen LogP contribution in [0.3, 0.4) is 0 Å². The molecule has 3 aromatic rings. The van der Waals surface area contributed by atoms with Crippen molar-refractivity contribution in [1.29, 1.82) is 5.26 Å². The van der Waals surface area contributed by atoms with Crippen molar-refractivity contribution in [2.24, 2.45) is 11.1 Å². The summed E-state index contributed by atoms with van der Waals surface area (Å²) in [5.41, 5.74) is 10.2. The average molecular weight is 580 g/mol. The van der Waals surface area contributed by atoms with E-state index in [9.17, 15) is 10.1 Å². The van der Waals surface area contributed by atoms with Crippen LogP contribution in [0.4, 0.5) is 5.13 Å². The normalized spacial score (nSPS) is 19.0. The fourth-order valence-corrected chi connectivity index (χ4v) is 7.54. The molecule has 0 radical (unpaired) electrons. The van der Waals surface area contributed by atoms with Gasteiger partial charge in [-0.1, -0.05) is 78.9 Å². The summed E-state index contributed by atoms with van der Waals surface area (Å²) in [7, 11) is 0. The monoisotopic (exact) mass is 579 g/mol. The molecule has 0 saturated heterocycles. The predicted molar refractivity (Wildman–Crippen MR) is 156 cm³/mol. The van der Waals surface area contributed by atoms with E-state index < -0.39 is 5.92 Å². The molecule has 1 aromatic heterocycles. The number of hydrogen-bond donors (Lipinski definition) is 1. The number of aromatic nitrogens is 2. The van der Waals surface area contributed by atoms with Crippen molar-refractivity contribution in [3.8, 4) is 6.07 Å². The molecule has 10 heteroatoms. The minimum atomic E-state index is -0.507. The highest BCUT2D eigenvalue weighted by Gasteiger charge is 2.45. The summed E-state index contributed by atoms with van der Waals surface area (Å²) in [6, 6.07) is 18.0. The third kappa shape index (κ3) is 5.10. The van der Waals surface area contributed by atoms with Crippen molar-refractivity contribution in [3.05, 3.63) is 87.3 Å². The number of ketones is 1. The number of allylic oxidation sites excluding steroid dienone is 3. The molecular weight excluding hydrogens is 554 g/mol. The van der Waals surface area contributed by atoms with E-state index in [-0.39, 0.29) is 11.2 Å². The van der Waals surface area contributed by atoms with Crippen LogP contribution in [0.15, 0.2) is 80.4 Å². The number of halogens is 1. The van der Waals surface area contributed by atoms with Crippen molar-refractivity contribution in [1.82, 2.24) is 10.2 Å². The highest BCUT2D eigenvalue weighted by atomic mass is 35.5. The number of nitrogens with zero attached hydrogens (tertiary/aromatic N) is 4. The summed E-state index contributed by atoms with van der Waals surface area (Å²) < 4.78 is 0.754. The molecule has 38 heavy (non-hydrogen) atoms. The standard InChI is InChI=1S/C28H26ClN5OS3/c1-28(2)12-21-24(22(35)13-28)23(16-8-10-18(36-3)11-9-16)19(14-30)25(31)34(21)26-32-33-27(38-26)37-15-17-6-4-5-7-20(17)29/h4-11,23H,12-13,15,31H2,1-3H3/t23-/m1/s1. The Morgan fingerprint density at radius 3 is 2.61 bits per heavy atom. The van der Waals surface area contributed by atoms with Crippen molar-refractivity contribution in [2.75, 3.05) is 11.2 Å². The summed E-state index contributed by atoms with van der Waals surface area (Å²) in [6.07, 6.45) is 3.06. The molecule has 2 aromatic carbocycles. The van der Waals surface area contributed by atoms with Crippen LogP contribution in [0, 0.1) is 16.7 Å². The zero-order chi connectivity index (χ0) is 27.0. The fraction of sp³-hybridized carbons (Fsp3) is 0.286. The zero-order valence-corrected chi connectivity index (χ0v) is 24.4. The molecule has 0 fully saturated rings. The molecule has 0 bridgehead atoms. The van der Waals surface area contributed by atoms with Crippen LogP contribution >= 0.6 is 46.5 Å². The Balaban J connectivity index is 1.56.